The normalized spacial score (nSPS) is 14.2. The van der Waals surface area contributed by atoms with Crippen molar-refractivity contribution >= 4 is 29.3 Å². The van der Waals surface area contributed by atoms with Gasteiger partial charge in [0.2, 0.25) is 5.91 Å². The van der Waals surface area contributed by atoms with Crippen LogP contribution >= 0.6 is 11.8 Å². The fraction of sp³-hybridized carbons (Fsp3) is 0.417. The van der Waals surface area contributed by atoms with E-state index in [1.807, 2.05) is 24.5 Å². The number of carbonyl (C=O) groups is 2. The number of benzene rings is 2. The predicted octanol–water partition coefficient (Wildman–Crippen LogP) is 3.46. The molecule has 2 N–H and O–H groups in total. The Morgan fingerprint density at radius 2 is 1.81 bits per heavy atom. The molecule has 0 radical (unpaired) electrons. The number of amides is 2. The summed E-state index contributed by atoms with van der Waals surface area (Å²) in [5.41, 5.74) is 2.70. The zero-order chi connectivity index (χ0) is 22.1. The molecule has 7 heteroatoms. The maximum absolute atomic E-state index is 13.0. The number of hydrogen-bond donors (Lipinski definition) is 2. The number of nitrogens with zero attached hydrogens (tertiary/aromatic N) is 1. The summed E-state index contributed by atoms with van der Waals surface area (Å²) < 4.78 is 5.29. The van der Waals surface area contributed by atoms with E-state index in [1.54, 1.807) is 30.0 Å². The molecule has 1 heterocycles. The fourth-order valence-electron chi connectivity index (χ4n) is 3.81. The minimum Gasteiger partial charge on any atom is -0.496 e. The Labute approximate surface area is 188 Å². The van der Waals surface area contributed by atoms with Crippen LogP contribution < -0.4 is 20.3 Å². The number of carbonyl (C=O) groups excluding carboxylic acids is 2. The molecule has 3 rings (SSSR count). The van der Waals surface area contributed by atoms with Gasteiger partial charge in [0.25, 0.3) is 5.91 Å². The van der Waals surface area contributed by atoms with Gasteiger partial charge in [-0.1, -0.05) is 30.3 Å². The molecule has 2 aromatic rings. The van der Waals surface area contributed by atoms with E-state index in [1.165, 1.54) is 25.6 Å². The first-order valence-electron chi connectivity index (χ1n) is 10.7. The van der Waals surface area contributed by atoms with Crippen LogP contribution in [0.5, 0.6) is 5.75 Å². The second-order valence-electron chi connectivity index (χ2n) is 7.55. The van der Waals surface area contributed by atoms with Crippen molar-refractivity contribution in [1.29, 1.82) is 0 Å². The molecule has 1 saturated heterocycles. The van der Waals surface area contributed by atoms with E-state index >= 15 is 0 Å². The third kappa shape index (κ3) is 6.17. The quantitative estimate of drug-likeness (QED) is 0.591. The first-order chi connectivity index (χ1) is 15.1. The van der Waals surface area contributed by atoms with Gasteiger partial charge in [-0.2, -0.15) is 11.8 Å². The lowest BCUT2D eigenvalue weighted by Crippen LogP contribution is -2.47. The van der Waals surface area contributed by atoms with Crippen molar-refractivity contribution in [1.82, 2.24) is 10.6 Å². The average Bonchev–Trinajstić information content (AvgIpc) is 3.35. The predicted molar refractivity (Wildman–Crippen MR) is 127 cm³/mol. The zero-order valence-corrected chi connectivity index (χ0v) is 19.0. The van der Waals surface area contributed by atoms with E-state index in [-0.39, 0.29) is 11.8 Å². The highest BCUT2D eigenvalue weighted by atomic mass is 32.2. The summed E-state index contributed by atoms with van der Waals surface area (Å²) in [6.45, 7) is 2.54. The first-order valence-corrected chi connectivity index (χ1v) is 12.1. The SMILES string of the molecule is COc1ccccc1C(=O)NC(CCSC)C(=O)NCc1ccccc1N1CCCC1. The van der Waals surface area contributed by atoms with Crippen molar-refractivity contribution in [2.75, 3.05) is 37.1 Å². The lowest BCUT2D eigenvalue weighted by atomic mass is 10.1. The Morgan fingerprint density at radius 3 is 2.55 bits per heavy atom. The van der Waals surface area contributed by atoms with Gasteiger partial charge >= 0.3 is 0 Å². The molecule has 6 nitrogen and oxygen atoms in total. The Kier molecular flexibility index (Phi) is 8.64. The molecule has 0 saturated carbocycles. The molecule has 2 amide bonds. The Hall–Kier alpha value is -2.67. The Morgan fingerprint density at radius 1 is 1.10 bits per heavy atom. The number of ether oxygens (including phenoxy) is 1. The summed E-state index contributed by atoms with van der Waals surface area (Å²) in [4.78, 5) is 28.2. The van der Waals surface area contributed by atoms with Crippen molar-refractivity contribution in [3.8, 4) is 5.75 Å². The van der Waals surface area contributed by atoms with Crippen LogP contribution in [-0.4, -0.2) is 50.1 Å². The van der Waals surface area contributed by atoms with Gasteiger partial charge in [-0.25, -0.2) is 0 Å². The average molecular weight is 442 g/mol. The topological polar surface area (TPSA) is 70.7 Å². The van der Waals surface area contributed by atoms with Gasteiger partial charge in [0, 0.05) is 25.3 Å². The van der Waals surface area contributed by atoms with E-state index < -0.39 is 6.04 Å². The van der Waals surface area contributed by atoms with E-state index in [0.29, 0.717) is 24.3 Å². The van der Waals surface area contributed by atoms with Gasteiger partial charge in [0.15, 0.2) is 0 Å². The summed E-state index contributed by atoms with van der Waals surface area (Å²) >= 11 is 1.65. The number of anilines is 1. The third-order valence-corrected chi connectivity index (χ3v) is 6.12. The molecule has 166 valence electrons. The molecule has 1 aliphatic rings. The van der Waals surface area contributed by atoms with Crippen LogP contribution in [-0.2, 0) is 11.3 Å². The summed E-state index contributed by atoms with van der Waals surface area (Å²) in [7, 11) is 1.53. The standard InChI is InChI=1S/C24H31N3O3S/c1-30-22-12-6-4-10-19(22)23(28)26-20(13-16-31-2)24(29)25-17-18-9-3-5-11-21(18)27-14-7-8-15-27/h3-6,9-12,20H,7-8,13-17H2,1-2H3,(H,25,29)(H,26,28). The van der Waals surface area contributed by atoms with Crippen LogP contribution in [0.25, 0.3) is 0 Å². The zero-order valence-electron chi connectivity index (χ0n) is 18.2. The molecule has 2 aromatic carbocycles. The molecular formula is C24H31N3O3S. The molecule has 1 fully saturated rings. The van der Waals surface area contributed by atoms with E-state index in [2.05, 4.69) is 27.7 Å². The molecule has 0 bridgehead atoms. The van der Waals surface area contributed by atoms with Crippen molar-refractivity contribution in [3.63, 3.8) is 0 Å². The highest BCUT2D eigenvalue weighted by molar-refractivity contribution is 7.98. The van der Waals surface area contributed by atoms with Gasteiger partial charge < -0.3 is 20.3 Å². The van der Waals surface area contributed by atoms with Crippen molar-refractivity contribution < 1.29 is 14.3 Å². The number of rotatable bonds is 10. The first kappa shape index (κ1) is 23.0. The Balaban J connectivity index is 1.67. The summed E-state index contributed by atoms with van der Waals surface area (Å²) in [5, 5.41) is 5.93. The number of nitrogens with one attached hydrogen (secondary N) is 2. The monoisotopic (exact) mass is 441 g/mol. The van der Waals surface area contributed by atoms with Gasteiger partial charge in [0.05, 0.1) is 12.7 Å². The minimum absolute atomic E-state index is 0.173. The van der Waals surface area contributed by atoms with Gasteiger partial charge in [0.1, 0.15) is 11.8 Å². The Bertz CT molecular complexity index is 884. The maximum atomic E-state index is 13.0. The van der Waals surface area contributed by atoms with Crippen LogP contribution in [0.3, 0.4) is 0 Å². The van der Waals surface area contributed by atoms with E-state index in [4.69, 9.17) is 4.74 Å². The molecule has 0 spiro atoms. The smallest absolute Gasteiger partial charge is 0.255 e. The molecule has 0 aliphatic carbocycles. The minimum atomic E-state index is -0.608. The number of hydrogen-bond acceptors (Lipinski definition) is 5. The molecule has 1 unspecified atom stereocenters. The van der Waals surface area contributed by atoms with Crippen LogP contribution in [0.1, 0.15) is 35.2 Å². The summed E-state index contributed by atoms with van der Waals surface area (Å²) in [6.07, 6.45) is 4.95. The fourth-order valence-corrected chi connectivity index (χ4v) is 4.28. The van der Waals surface area contributed by atoms with Crippen LogP contribution in [0.2, 0.25) is 0 Å². The van der Waals surface area contributed by atoms with Gasteiger partial charge in [-0.05, 0) is 55.0 Å². The van der Waals surface area contributed by atoms with E-state index in [0.717, 1.165) is 24.4 Å². The highest BCUT2D eigenvalue weighted by Gasteiger charge is 2.23. The molecule has 0 aromatic heterocycles. The maximum Gasteiger partial charge on any atom is 0.255 e. The molecule has 1 aliphatic heterocycles. The van der Waals surface area contributed by atoms with Crippen molar-refractivity contribution in [2.45, 2.75) is 31.8 Å². The third-order valence-electron chi connectivity index (χ3n) is 5.48. The lowest BCUT2D eigenvalue weighted by Gasteiger charge is -2.23. The molecule has 1 atom stereocenters. The molecule has 31 heavy (non-hydrogen) atoms. The van der Waals surface area contributed by atoms with Crippen LogP contribution in [0.15, 0.2) is 48.5 Å². The highest BCUT2D eigenvalue weighted by Crippen LogP contribution is 2.24. The second kappa shape index (κ2) is 11.6. The van der Waals surface area contributed by atoms with Crippen molar-refractivity contribution in [3.05, 3.63) is 59.7 Å². The summed E-state index contributed by atoms with van der Waals surface area (Å²) in [6, 6.07) is 14.6. The largest absolute Gasteiger partial charge is 0.496 e. The van der Waals surface area contributed by atoms with Crippen LogP contribution in [0, 0.1) is 0 Å². The van der Waals surface area contributed by atoms with Gasteiger partial charge in [-0.3, -0.25) is 9.59 Å². The van der Waals surface area contributed by atoms with Crippen molar-refractivity contribution in [2.24, 2.45) is 0 Å². The number of methoxy groups -OCH3 is 1. The lowest BCUT2D eigenvalue weighted by molar-refractivity contribution is -0.123. The van der Waals surface area contributed by atoms with Gasteiger partial charge in [-0.15, -0.1) is 0 Å². The second-order valence-corrected chi connectivity index (χ2v) is 8.53. The van der Waals surface area contributed by atoms with E-state index in [9.17, 15) is 9.59 Å². The summed E-state index contributed by atoms with van der Waals surface area (Å²) in [5.74, 6) is 0.780. The van der Waals surface area contributed by atoms with Crippen LogP contribution in [0.4, 0.5) is 5.69 Å². The number of thioether (sulfide) groups is 1. The number of para-hydroxylation sites is 2. The molecular weight excluding hydrogens is 410 g/mol.